The average Bonchev–Trinajstić information content (AvgIpc) is 2.31. The number of hydrogen-bond donors (Lipinski definition) is 0. The molecular weight excluding hydrogens is 195 g/mol. The molecule has 1 aromatic rings. The minimum atomic E-state index is -0.363. The van der Waals surface area contributed by atoms with Crippen molar-refractivity contribution in [1.82, 2.24) is 0 Å². The molecule has 0 aromatic heterocycles. The first kappa shape index (κ1) is 11.7. The Kier molecular flexibility index (Phi) is 4.28. The van der Waals surface area contributed by atoms with E-state index >= 15 is 0 Å². The van der Waals surface area contributed by atoms with Gasteiger partial charge in [0.05, 0.1) is 0 Å². The first-order valence-electron chi connectivity index (χ1n) is 5.20. The van der Waals surface area contributed by atoms with Gasteiger partial charge in [0.15, 0.2) is 12.4 Å². The molecule has 1 aliphatic heterocycles. The predicted octanol–water partition coefficient (Wildman–Crippen LogP) is 2.74. The van der Waals surface area contributed by atoms with Crippen molar-refractivity contribution in [3.8, 4) is 5.75 Å². The van der Waals surface area contributed by atoms with Gasteiger partial charge in [-0.1, -0.05) is 13.8 Å². The lowest BCUT2D eigenvalue weighted by atomic mass is 10.0. The number of rotatable bonds is 1. The molecule has 82 valence electrons. The summed E-state index contributed by atoms with van der Waals surface area (Å²) in [6.07, 6.45) is 1.76. The number of aryl methyl sites for hydroxylation is 1. The Balaban J connectivity index is 0.000000531. The number of aldehydes is 1. The number of hydrogen-bond acceptors (Lipinski definition) is 2. The van der Waals surface area contributed by atoms with E-state index in [9.17, 15) is 9.18 Å². The summed E-state index contributed by atoms with van der Waals surface area (Å²) in [7, 11) is 0. The highest BCUT2D eigenvalue weighted by Gasteiger charge is 2.18. The predicted molar refractivity (Wildman–Crippen MR) is 56.5 cm³/mol. The average molecular weight is 210 g/mol. The fourth-order valence-corrected chi connectivity index (χ4v) is 1.47. The third kappa shape index (κ3) is 2.78. The summed E-state index contributed by atoms with van der Waals surface area (Å²) in [5, 5.41) is 0. The topological polar surface area (TPSA) is 26.3 Å². The Bertz CT molecular complexity index is 336. The summed E-state index contributed by atoms with van der Waals surface area (Å²) in [4.78, 5) is 10.4. The van der Waals surface area contributed by atoms with Crippen molar-refractivity contribution >= 4 is 6.29 Å². The second kappa shape index (κ2) is 5.49. The summed E-state index contributed by atoms with van der Waals surface area (Å²) < 4.78 is 18.0. The summed E-state index contributed by atoms with van der Waals surface area (Å²) in [5.74, 6) is 0.372. The van der Waals surface area contributed by atoms with Crippen molar-refractivity contribution in [2.24, 2.45) is 0 Å². The van der Waals surface area contributed by atoms with E-state index in [-0.39, 0.29) is 11.9 Å². The van der Waals surface area contributed by atoms with Crippen LogP contribution >= 0.6 is 0 Å². The standard InChI is InChI=1S/C10H9FO2.C2H6/c11-8-2-4-10-7(5-8)1-3-9(6-12)13-10;1-2/h2,4-6,9H,1,3H2;1-2H3/t9-;/m0./s1. The molecule has 3 heteroatoms. The molecule has 1 aromatic carbocycles. The molecule has 0 saturated heterocycles. The van der Waals surface area contributed by atoms with Gasteiger partial charge in [0, 0.05) is 0 Å². The minimum absolute atomic E-state index is 0.257. The first-order valence-corrected chi connectivity index (χ1v) is 5.20. The van der Waals surface area contributed by atoms with Gasteiger partial charge in [0.1, 0.15) is 11.6 Å². The van der Waals surface area contributed by atoms with Crippen molar-refractivity contribution in [1.29, 1.82) is 0 Å². The van der Waals surface area contributed by atoms with Crippen LogP contribution in [0.25, 0.3) is 0 Å². The van der Waals surface area contributed by atoms with Crippen LogP contribution in [0, 0.1) is 5.82 Å². The largest absolute Gasteiger partial charge is 0.483 e. The highest BCUT2D eigenvalue weighted by molar-refractivity contribution is 5.58. The van der Waals surface area contributed by atoms with Crippen molar-refractivity contribution in [2.75, 3.05) is 0 Å². The Hall–Kier alpha value is -1.38. The van der Waals surface area contributed by atoms with Crippen LogP contribution in [-0.2, 0) is 11.2 Å². The van der Waals surface area contributed by atoms with Crippen LogP contribution in [0.15, 0.2) is 18.2 Å². The van der Waals surface area contributed by atoms with Crippen molar-refractivity contribution < 1.29 is 13.9 Å². The quantitative estimate of drug-likeness (QED) is 0.666. The molecule has 0 N–H and O–H groups in total. The van der Waals surface area contributed by atoms with Gasteiger partial charge in [0.2, 0.25) is 0 Å². The lowest BCUT2D eigenvalue weighted by Gasteiger charge is -2.21. The Morgan fingerprint density at radius 1 is 1.47 bits per heavy atom. The van der Waals surface area contributed by atoms with E-state index in [1.54, 1.807) is 6.07 Å². The molecule has 2 nitrogen and oxygen atoms in total. The van der Waals surface area contributed by atoms with Crippen LogP contribution in [0.4, 0.5) is 4.39 Å². The summed E-state index contributed by atoms with van der Waals surface area (Å²) >= 11 is 0. The van der Waals surface area contributed by atoms with E-state index in [1.165, 1.54) is 12.1 Å². The molecule has 2 rings (SSSR count). The number of carbonyl (C=O) groups excluding carboxylic acids is 1. The van der Waals surface area contributed by atoms with E-state index < -0.39 is 0 Å². The van der Waals surface area contributed by atoms with Crippen LogP contribution in [0.2, 0.25) is 0 Å². The Morgan fingerprint density at radius 3 is 2.87 bits per heavy atom. The third-order valence-electron chi connectivity index (χ3n) is 2.15. The Labute approximate surface area is 89.1 Å². The second-order valence-electron chi connectivity index (χ2n) is 3.08. The molecule has 0 radical (unpaired) electrons. The summed E-state index contributed by atoms with van der Waals surface area (Å²) in [6, 6.07) is 4.36. The fraction of sp³-hybridized carbons (Fsp3) is 0.417. The molecule has 0 saturated carbocycles. The summed E-state index contributed by atoms with van der Waals surface area (Å²) in [6.45, 7) is 4.00. The van der Waals surface area contributed by atoms with Crippen molar-refractivity contribution in [2.45, 2.75) is 32.8 Å². The van der Waals surface area contributed by atoms with Crippen LogP contribution < -0.4 is 4.74 Å². The zero-order valence-corrected chi connectivity index (χ0v) is 9.00. The van der Waals surface area contributed by atoms with Crippen molar-refractivity contribution in [3.05, 3.63) is 29.6 Å². The van der Waals surface area contributed by atoms with E-state index in [0.717, 1.165) is 11.8 Å². The van der Waals surface area contributed by atoms with Gasteiger partial charge in [-0.05, 0) is 36.6 Å². The number of carbonyl (C=O) groups is 1. The van der Waals surface area contributed by atoms with E-state index in [4.69, 9.17) is 4.74 Å². The van der Waals surface area contributed by atoms with Crippen molar-refractivity contribution in [3.63, 3.8) is 0 Å². The van der Waals surface area contributed by atoms with Gasteiger partial charge in [0.25, 0.3) is 0 Å². The normalized spacial score (nSPS) is 17.9. The lowest BCUT2D eigenvalue weighted by Crippen LogP contribution is -2.23. The molecule has 0 fully saturated rings. The van der Waals surface area contributed by atoms with Gasteiger partial charge in [-0.2, -0.15) is 0 Å². The molecule has 0 amide bonds. The van der Waals surface area contributed by atoms with Gasteiger partial charge in [-0.3, -0.25) is 4.79 Å². The highest BCUT2D eigenvalue weighted by atomic mass is 19.1. The van der Waals surface area contributed by atoms with Crippen LogP contribution in [0.3, 0.4) is 0 Å². The molecule has 1 aliphatic rings. The zero-order valence-electron chi connectivity index (χ0n) is 9.00. The van der Waals surface area contributed by atoms with E-state index in [0.29, 0.717) is 18.6 Å². The van der Waals surface area contributed by atoms with Crippen LogP contribution in [0.1, 0.15) is 25.8 Å². The molecule has 0 unspecified atom stereocenters. The molecule has 1 heterocycles. The van der Waals surface area contributed by atoms with Crippen LogP contribution in [-0.4, -0.2) is 12.4 Å². The van der Waals surface area contributed by atoms with Gasteiger partial charge in [-0.25, -0.2) is 4.39 Å². The third-order valence-corrected chi connectivity index (χ3v) is 2.15. The number of ether oxygens (including phenoxy) is 1. The smallest absolute Gasteiger partial charge is 0.160 e. The number of halogens is 1. The van der Waals surface area contributed by atoms with E-state index in [1.807, 2.05) is 13.8 Å². The molecule has 0 spiro atoms. The van der Waals surface area contributed by atoms with E-state index in [2.05, 4.69) is 0 Å². The molecule has 1 atom stereocenters. The lowest BCUT2D eigenvalue weighted by molar-refractivity contribution is -0.114. The molecule has 15 heavy (non-hydrogen) atoms. The molecule has 0 bridgehead atoms. The first-order chi connectivity index (χ1) is 7.29. The maximum Gasteiger partial charge on any atom is 0.160 e. The SMILES string of the molecule is CC.O=C[C@@H]1CCc2cc(F)ccc2O1. The second-order valence-corrected chi connectivity index (χ2v) is 3.08. The Morgan fingerprint density at radius 2 is 2.20 bits per heavy atom. The van der Waals surface area contributed by atoms with Crippen LogP contribution in [0.5, 0.6) is 5.75 Å². The monoisotopic (exact) mass is 210 g/mol. The van der Waals surface area contributed by atoms with Gasteiger partial charge >= 0.3 is 0 Å². The van der Waals surface area contributed by atoms with Gasteiger partial charge < -0.3 is 4.74 Å². The fourth-order valence-electron chi connectivity index (χ4n) is 1.47. The summed E-state index contributed by atoms with van der Waals surface area (Å²) in [5.41, 5.74) is 0.845. The number of fused-ring (bicyclic) bond motifs is 1. The zero-order chi connectivity index (χ0) is 11.3. The highest BCUT2D eigenvalue weighted by Crippen LogP contribution is 2.27. The maximum absolute atomic E-state index is 12.7. The molecule has 0 aliphatic carbocycles. The number of benzene rings is 1. The maximum atomic E-state index is 12.7. The molecular formula is C12H15FO2. The van der Waals surface area contributed by atoms with Gasteiger partial charge in [-0.15, -0.1) is 0 Å². The minimum Gasteiger partial charge on any atom is -0.483 e.